The van der Waals surface area contributed by atoms with Gasteiger partial charge in [0, 0.05) is 11.8 Å². The van der Waals surface area contributed by atoms with Crippen molar-refractivity contribution in [2.24, 2.45) is 5.92 Å². The van der Waals surface area contributed by atoms with Crippen LogP contribution in [0.25, 0.3) is 0 Å². The first-order valence-electron chi connectivity index (χ1n) is 14.1. The molecule has 206 valence electrons. The molecule has 2 fully saturated rings. The van der Waals surface area contributed by atoms with Gasteiger partial charge in [-0.05, 0) is 81.0 Å². The summed E-state index contributed by atoms with van der Waals surface area (Å²) in [6, 6.07) is 6.34. The van der Waals surface area contributed by atoms with Gasteiger partial charge in [0.25, 0.3) is 0 Å². The van der Waals surface area contributed by atoms with Crippen LogP contribution in [0.1, 0.15) is 107 Å². The minimum atomic E-state index is -1.01. The summed E-state index contributed by atoms with van der Waals surface area (Å²) < 4.78 is 70.1. The molecule has 2 nitrogen and oxygen atoms in total. The van der Waals surface area contributed by atoms with Crippen LogP contribution < -0.4 is 4.74 Å². The van der Waals surface area contributed by atoms with Gasteiger partial charge in [-0.2, -0.15) is 4.39 Å². The van der Waals surface area contributed by atoms with Crippen molar-refractivity contribution in [3.8, 4) is 17.6 Å². The maximum Gasteiger partial charge on any atom is 0.201 e. The first-order chi connectivity index (χ1) is 18.4. The summed E-state index contributed by atoms with van der Waals surface area (Å²) in [4.78, 5) is 0. The number of unbranched alkanes of at least 4 members (excludes halogenated alkanes) is 3. The molecule has 1 saturated carbocycles. The lowest BCUT2D eigenvalue weighted by Gasteiger charge is -2.29. The molecule has 0 aromatic heterocycles. The molecule has 4 rings (SSSR count). The summed E-state index contributed by atoms with van der Waals surface area (Å²) in [5, 5.41) is 0. The maximum absolute atomic E-state index is 15.1. The third-order valence-electron chi connectivity index (χ3n) is 7.97. The van der Waals surface area contributed by atoms with Crippen LogP contribution in [0, 0.1) is 41.0 Å². The first kappa shape index (κ1) is 28.5. The Kier molecular flexibility index (Phi) is 10.1. The Balaban J connectivity index is 1.33. The zero-order chi connectivity index (χ0) is 27.1. The molecule has 0 bridgehead atoms. The minimum Gasteiger partial charge on any atom is -0.490 e. The molecule has 0 radical (unpaired) electrons. The van der Waals surface area contributed by atoms with Crippen molar-refractivity contribution in [3.05, 3.63) is 64.2 Å². The number of hydrogen-bond acceptors (Lipinski definition) is 2. The van der Waals surface area contributed by atoms with E-state index in [9.17, 15) is 13.2 Å². The predicted octanol–water partition coefficient (Wildman–Crippen LogP) is 8.81. The van der Waals surface area contributed by atoms with Crippen LogP contribution in [0.3, 0.4) is 0 Å². The smallest absolute Gasteiger partial charge is 0.201 e. The minimum absolute atomic E-state index is 0.00300. The average molecular weight is 531 g/mol. The SMILES string of the molecule is CCCCCCOc1ccc(C#CC2CCC(c3ccc(C4CCC(C)OC4)c(F)c3F)CC2)c(F)c1F. The lowest BCUT2D eigenvalue weighted by molar-refractivity contribution is 0.0147. The van der Waals surface area contributed by atoms with E-state index < -0.39 is 23.3 Å². The zero-order valence-electron chi connectivity index (χ0n) is 22.4. The molecule has 6 heteroatoms. The molecule has 1 aliphatic carbocycles. The monoisotopic (exact) mass is 530 g/mol. The van der Waals surface area contributed by atoms with Gasteiger partial charge >= 0.3 is 0 Å². The van der Waals surface area contributed by atoms with Crippen molar-refractivity contribution in [2.75, 3.05) is 13.2 Å². The van der Waals surface area contributed by atoms with E-state index in [1.165, 1.54) is 12.1 Å². The molecule has 1 heterocycles. The lowest BCUT2D eigenvalue weighted by atomic mass is 9.78. The van der Waals surface area contributed by atoms with Crippen LogP contribution in [0.2, 0.25) is 0 Å². The van der Waals surface area contributed by atoms with Gasteiger partial charge in [-0.1, -0.05) is 50.2 Å². The highest BCUT2D eigenvalue weighted by Gasteiger charge is 2.29. The summed E-state index contributed by atoms with van der Waals surface area (Å²) in [5.41, 5.74) is 0.828. The molecule has 38 heavy (non-hydrogen) atoms. The second-order valence-corrected chi connectivity index (χ2v) is 10.8. The predicted molar refractivity (Wildman–Crippen MR) is 141 cm³/mol. The summed E-state index contributed by atoms with van der Waals surface area (Å²) in [6.45, 7) is 4.87. The highest BCUT2D eigenvalue weighted by Crippen LogP contribution is 2.39. The lowest BCUT2D eigenvalue weighted by Crippen LogP contribution is -2.23. The molecular weight excluding hydrogens is 492 g/mol. The van der Waals surface area contributed by atoms with E-state index in [1.807, 2.05) is 6.92 Å². The van der Waals surface area contributed by atoms with Crippen LogP contribution in [-0.2, 0) is 4.74 Å². The van der Waals surface area contributed by atoms with Crippen molar-refractivity contribution < 1.29 is 27.0 Å². The van der Waals surface area contributed by atoms with Crippen LogP contribution >= 0.6 is 0 Å². The molecule has 2 aromatic rings. The fourth-order valence-electron chi connectivity index (χ4n) is 5.52. The summed E-state index contributed by atoms with van der Waals surface area (Å²) in [6.07, 6.45) is 8.49. The third kappa shape index (κ3) is 6.91. The molecule has 2 aliphatic rings. The molecule has 0 amide bonds. The number of halogens is 4. The molecule has 0 N–H and O–H groups in total. The van der Waals surface area contributed by atoms with Gasteiger partial charge in [0.1, 0.15) is 0 Å². The van der Waals surface area contributed by atoms with Crippen molar-refractivity contribution in [1.82, 2.24) is 0 Å². The summed E-state index contributed by atoms with van der Waals surface area (Å²) >= 11 is 0. The van der Waals surface area contributed by atoms with Gasteiger partial charge in [-0.3, -0.25) is 0 Å². The van der Waals surface area contributed by atoms with Gasteiger partial charge in [0.2, 0.25) is 5.82 Å². The topological polar surface area (TPSA) is 18.5 Å². The summed E-state index contributed by atoms with van der Waals surface area (Å²) in [7, 11) is 0. The van der Waals surface area contributed by atoms with E-state index in [4.69, 9.17) is 9.47 Å². The molecule has 2 atom stereocenters. The van der Waals surface area contributed by atoms with Crippen LogP contribution in [-0.4, -0.2) is 19.3 Å². The maximum atomic E-state index is 15.1. The van der Waals surface area contributed by atoms with Gasteiger partial charge < -0.3 is 9.47 Å². The van der Waals surface area contributed by atoms with Crippen molar-refractivity contribution >= 4 is 0 Å². The highest BCUT2D eigenvalue weighted by molar-refractivity contribution is 5.41. The van der Waals surface area contributed by atoms with Gasteiger partial charge in [-0.25, -0.2) is 13.2 Å². The zero-order valence-corrected chi connectivity index (χ0v) is 22.4. The highest BCUT2D eigenvalue weighted by atomic mass is 19.2. The Hall–Kier alpha value is -2.52. The van der Waals surface area contributed by atoms with E-state index >= 15 is 4.39 Å². The number of rotatable bonds is 8. The third-order valence-corrected chi connectivity index (χ3v) is 7.97. The van der Waals surface area contributed by atoms with Gasteiger partial charge in [0.15, 0.2) is 23.2 Å². The fraction of sp³-hybridized carbons (Fsp3) is 0.562. The quantitative estimate of drug-likeness (QED) is 0.193. The van der Waals surface area contributed by atoms with E-state index in [2.05, 4.69) is 18.8 Å². The Bertz CT molecular complexity index is 1140. The standard InChI is InChI=1S/C32H38F4O2/c1-3-4-5-6-19-37-28-18-15-24(29(33)32(28)36)14-10-22-8-12-23(13-9-22)26-16-17-27(31(35)30(26)34)25-11-7-21(2)38-20-25/h15-18,21-23,25H,3-9,11-13,19-20H2,1-2H3. The molecule has 1 aliphatic heterocycles. The number of hydrogen-bond donors (Lipinski definition) is 0. The van der Waals surface area contributed by atoms with Crippen molar-refractivity contribution in [2.45, 2.75) is 96.0 Å². The van der Waals surface area contributed by atoms with E-state index in [0.717, 1.165) is 38.5 Å². The molecule has 2 aromatic carbocycles. The number of ether oxygens (including phenoxy) is 2. The Morgan fingerprint density at radius 2 is 1.47 bits per heavy atom. The molecule has 1 saturated heterocycles. The van der Waals surface area contributed by atoms with Crippen LogP contribution in [0.15, 0.2) is 24.3 Å². The number of benzene rings is 2. The molecule has 0 spiro atoms. The normalized spacial score (nSPS) is 23.5. The van der Waals surface area contributed by atoms with E-state index in [0.29, 0.717) is 50.0 Å². The Labute approximate surface area is 224 Å². The van der Waals surface area contributed by atoms with Crippen molar-refractivity contribution in [3.63, 3.8) is 0 Å². The largest absolute Gasteiger partial charge is 0.490 e. The molecule has 2 unspecified atom stereocenters. The Morgan fingerprint density at radius 1 is 0.789 bits per heavy atom. The first-order valence-corrected chi connectivity index (χ1v) is 14.1. The van der Waals surface area contributed by atoms with Crippen molar-refractivity contribution in [1.29, 1.82) is 0 Å². The fourth-order valence-corrected chi connectivity index (χ4v) is 5.52. The van der Waals surface area contributed by atoms with E-state index in [1.54, 1.807) is 12.1 Å². The van der Waals surface area contributed by atoms with Crippen LogP contribution in [0.5, 0.6) is 5.75 Å². The average Bonchev–Trinajstić information content (AvgIpc) is 2.93. The van der Waals surface area contributed by atoms with Gasteiger partial charge in [-0.15, -0.1) is 0 Å². The summed E-state index contributed by atoms with van der Waals surface area (Å²) in [5.74, 6) is 2.07. The second kappa shape index (κ2) is 13.5. The molecular formula is C32H38F4O2. The Morgan fingerprint density at radius 3 is 2.13 bits per heavy atom. The van der Waals surface area contributed by atoms with E-state index in [-0.39, 0.29) is 35.2 Å². The van der Waals surface area contributed by atoms with Crippen LogP contribution in [0.4, 0.5) is 17.6 Å². The van der Waals surface area contributed by atoms with Gasteiger partial charge in [0.05, 0.1) is 24.9 Å². The second-order valence-electron chi connectivity index (χ2n) is 10.8.